The molecule has 1 N–H and O–H groups in total. The number of nitrogens with one attached hydrogen (secondary N) is 1. The molecular weight excluding hydrogens is 322 g/mol. The van der Waals surface area contributed by atoms with Gasteiger partial charge in [-0.15, -0.1) is 10.2 Å². The molecule has 3 heterocycles. The molecule has 2 aromatic heterocycles. The summed E-state index contributed by atoms with van der Waals surface area (Å²) in [6.07, 6.45) is 2.46. The lowest BCUT2D eigenvalue weighted by Crippen LogP contribution is -2.47. The van der Waals surface area contributed by atoms with E-state index in [1.54, 1.807) is 19.1 Å². The third kappa shape index (κ3) is 3.16. The topological polar surface area (TPSA) is 118 Å². The van der Waals surface area contributed by atoms with Crippen molar-refractivity contribution in [1.29, 1.82) is 0 Å². The lowest BCUT2D eigenvalue weighted by molar-refractivity contribution is -0.135. The molecule has 4 amide bonds. The second-order valence-corrected chi connectivity index (χ2v) is 5.84. The van der Waals surface area contributed by atoms with Crippen molar-refractivity contribution in [2.45, 2.75) is 13.5 Å². The van der Waals surface area contributed by atoms with Crippen LogP contribution in [-0.2, 0) is 16.1 Å². The Morgan fingerprint density at radius 2 is 2.26 bits per heavy atom. The minimum Gasteiger partial charge on any atom is -0.467 e. The molecule has 0 saturated heterocycles. The van der Waals surface area contributed by atoms with Gasteiger partial charge < -0.3 is 4.42 Å². The molecule has 1 aliphatic rings. The molecular formula is C13H11N5O4S. The van der Waals surface area contributed by atoms with Crippen LogP contribution in [0.4, 0.5) is 9.93 Å². The maximum absolute atomic E-state index is 12.4. The number of anilines is 1. The molecule has 118 valence electrons. The lowest BCUT2D eigenvalue weighted by atomic mass is 10.1. The molecule has 0 aromatic carbocycles. The molecule has 1 unspecified atom stereocenters. The van der Waals surface area contributed by atoms with Crippen molar-refractivity contribution in [1.82, 2.24) is 15.1 Å². The average Bonchev–Trinajstić information content (AvgIpc) is 3.15. The molecule has 23 heavy (non-hydrogen) atoms. The number of urea groups is 1. The summed E-state index contributed by atoms with van der Waals surface area (Å²) >= 11 is 1.18. The number of nitrogens with zero attached hydrogens (tertiary/aromatic N) is 4. The first kappa shape index (κ1) is 15.0. The van der Waals surface area contributed by atoms with Crippen molar-refractivity contribution in [2.24, 2.45) is 10.9 Å². The second kappa shape index (κ2) is 6.08. The number of amides is 4. The van der Waals surface area contributed by atoms with Crippen molar-refractivity contribution < 1.29 is 18.8 Å². The third-order valence-electron chi connectivity index (χ3n) is 3.03. The lowest BCUT2D eigenvalue weighted by Gasteiger charge is -2.24. The Bertz CT molecular complexity index is 782. The molecule has 2 aromatic rings. The highest BCUT2D eigenvalue weighted by Gasteiger charge is 2.37. The highest BCUT2D eigenvalue weighted by molar-refractivity contribution is 7.15. The molecule has 0 aliphatic carbocycles. The number of furan rings is 1. The van der Waals surface area contributed by atoms with Crippen LogP contribution in [0.3, 0.4) is 0 Å². The molecule has 10 heteroatoms. The van der Waals surface area contributed by atoms with Crippen LogP contribution in [0.25, 0.3) is 0 Å². The Labute approximate surface area is 134 Å². The second-order valence-electron chi connectivity index (χ2n) is 4.66. The fourth-order valence-electron chi connectivity index (χ4n) is 1.95. The quantitative estimate of drug-likeness (QED) is 0.841. The summed E-state index contributed by atoms with van der Waals surface area (Å²) in [5, 5.41) is 11.0. The molecule has 0 saturated carbocycles. The van der Waals surface area contributed by atoms with Gasteiger partial charge in [-0.25, -0.2) is 9.79 Å². The SMILES string of the molecule is Cc1nnc(NC(=O)C2C=NC(=O)N(Cc3ccco3)C2=O)s1. The van der Waals surface area contributed by atoms with Crippen LogP contribution in [0, 0.1) is 12.8 Å². The molecule has 0 spiro atoms. The van der Waals surface area contributed by atoms with Crippen LogP contribution in [0.5, 0.6) is 0 Å². The summed E-state index contributed by atoms with van der Waals surface area (Å²) < 4.78 is 5.11. The zero-order chi connectivity index (χ0) is 16.4. The van der Waals surface area contributed by atoms with Crippen molar-refractivity contribution in [3.05, 3.63) is 29.2 Å². The number of aliphatic imine (C=N–C) groups is 1. The van der Waals surface area contributed by atoms with Crippen LogP contribution >= 0.6 is 11.3 Å². The Kier molecular flexibility index (Phi) is 3.98. The number of imide groups is 1. The summed E-state index contributed by atoms with van der Waals surface area (Å²) in [6.45, 7) is 1.66. The number of carbonyl (C=O) groups is 3. The van der Waals surface area contributed by atoms with Gasteiger partial charge in [0, 0.05) is 6.21 Å². The number of carbonyl (C=O) groups excluding carboxylic acids is 3. The van der Waals surface area contributed by atoms with Gasteiger partial charge in [-0.3, -0.25) is 19.8 Å². The van der Waals surface area contributed by atoms with Gasteiger partial charge in [0.2, 0.25) is 16.9 Å². The Morgan fingerprint density at radius 1 is 1.43 bits per heavy atom. The van der Waals surface area contributed by atoms with E-state index in [2.05, 4.69) is 20.5 Å². The minimum absolute atomic E-state index is 0.0797. The maximum atomic E-state index is 12.4. The number of hydrogen-bond acceptors (Lipinski definition) is 7. The van der Waals surface area contributed by atoms with E-state index in [1.165, 1.54) is 17.6 Å². The van der Waals surface area contributed by atoms with E-state index in [-0.39, 0.29) is 11.7 Å². The van der Waals surface area contributed by atoms with Crippen molar-refractivity contribution >= 4 is 40.5 Å². The van der Waals surface area contributed by atoms with Crippen LogP contribution in [0.2, 0.25) is 0 Å². The zero-order valence-electron chi connectivity index (χ0n) is 11.9. The fourth-order valence-corrected chi connectivity index (χ4v) is 2.54. The van der Waals surface area contributed by atoms with Gasteiger partial charge >= 0.3 is 6.03 Å². The third-order valence-corrected chi connectivity index (χ3v) is 3.78. The van der Waals surface area contributed by atoms with Crippen LogP contribution < -0.4 is 5.32 Å². The number of rotatable bonds is 4. The van der Waals surface area contributed by atoms with E-state index in [4.69, 9.17) is 4.42 Å². The highest BCUT2D eigenvalue weighted by Crippen LogP contribution is 2.18. The van der Waals surface area contributed by atoms with Crippen molar-refractivity contribution in [3.63, 3.8) is 0 Å². The molecule has 1 atom stereocenters. The summed E-state index contributed by atoms with van der Waals surface area (Å²) in [5.41, 5.74) is 0. The van der Waals surface area contributed by atoms with E-state index in [1.807, 2.05) is 0 Å². The smallest absolute Gasteiger partial charge is 0.350 e. The fraction of sp³-hybridized carbons (Fsp3) is 0.231. The molecule has 1 aliphatic heterocycles. The minimum atomic E-state index is -1.20. The average molecular weight is 333 g/mol. The first-order valence-electron chi connectivity index (χ1n) is 6.57. The molecule has 0 bridgehead atoms. The van der Waals surface area contributed by atoms with Crippen LogP contribution in [0.15, 0.2) is 27.8 Å². The summed E-state index contributed by atoms with van der Waals surface area (Å²) in [7, 11) is 0. The monoisotopic (exact) mass is 333 g/mol. The number of aryl methyl sites for hydroxylation is 1. The van der Waals surface area contributed by atoms with Crippen LogP contribution in [0.1, 0.15) is 10.8 Å². The largest absolute Gasteiger partial charge is 0.467 e. The maximum Gasteiger partial charge on any atom is 0.350 e. The van der Waals surface area contributed by atoms with E-state index in [0.29, 0.717) is 10.8 Å². The van der Waals surface area contributed by atoms with Gasteiger partial charge in [-0.2, -0.15) is 0 Å². The van der Waals surface area contributed by atoms with Gasteiger partial charge in [-0.05, 0) is 19.1 Å². The first-order valence-corrected chi connectivity index (χ1v) is 7.39. The van der Waals surface area contributed by atoms with E-state index in [0.717, 1.165) is 11.1 Å². The van der Waals surface area contributed by atoms with Gasteiger partial charge in [0.1, 0.15) is 10.8 Å². The predicted molar refractivity (Wildman–Crippen MR) is 79.9 cm³/mol. The van der Waals surface area contributed by atoms with Gasteiger partial charge in [0.05, 0.1) is 12.8 Å². The Morgan fingerprint density at radius 3 is 2.91 bits per heavy atom. The zero-order valence-corrected chi connectivity index (χ0v) is 12.7. The molecule has 0 radical (unpaired) electrons. The normalized spacial score (nSPS) is 17.6. The number of hydrogen-bond donors (Lipinski definition) is 1. The van der Waals surface area contributed by atoms with E-state index in [9.17, 15) is 14.4 Å². The first-order chi connectivity index (χ1) is 11.0. The number of aromatic nitrogens is 2. The summed E-state index contributed by atoms with van der Waals surface area (Å²) in [6, 6.07) is 2.53. The Balaban J connectivity index is 1.74. The molecule has 3 rings (SSSR count). The standard InChI is InChI=1S/C13H11N5O4S/c1-7-16-17-12(23-7)15-10(19)9-5-14-13(21)18(11(9)20)6-8-3-2-4-22-8/h2-5,9H,6H2,1H3,(H,15,17,19). The predicted octanol–water partition coefficient (Wildman–Crippen LogP) is 1.23. The molecule has 9 nitrogen and oxygen atoms in total. The van der Waals surface area contributed by atoms with Crippen LogP contribution in [-0.4, -0.2) is 39.2 Å². The van der Waals surface area contributed by atoms with E-state index >= 15 is 0 Å². The Hall–Kier alpha value is -2.88. The van der Waals surface area contributed by atoms with E-state index < -0.39 is 23.8 Å². The van der Waals surface area contributed by atoms with Crippen molar-refractivity contribution in [3.8, 4) is 0 Å². The highest BCUT2D eigenvalue weighted by atomic mass is 32.1. The summed E-state index contributed by atoms with van der Waals surface area (Å²) in [4.78, 5) is 40.8. The van der Waals surface area contributed by atoms with Gasteiger partial charge in [0.15, 0.2) is 5.92 Å². The van der Waals surface area contributed by atoms with Crippen molar-refractivity contribution in [2.75, 3.05) is 5.32 Å². The van der Waals surface area contributed by atoms with Gasteiger partial charge in [-0.1, -0.05) is 11.3 Å². The summed E-state index contributed by atoms with van der Waals surface area (Å²) in [5.74, 6) is -2.07. The molecule has 0 fully saturated rings. The van der Waals surface area contributed by atoms with Gasteiger partial charge in [0.25, 0.3) is 0 Å².